The first kappa shape index (κ1) is 15.9. The Morgan fingerprint density at radius 1 is 1.13 bits per heavy atom. The van der Waals surface area contributed by atoms with Gasteiger partial charge in [0.05, 0.1) is 5.56 Å². The number of nitrogens with zero attached hydrogens (tertiary/aromatic N) is 3. The number of hydrogen-bond acceptors (Lipinski definition) is 4. The number of hydrogen-bond donors (Lipinski definition) is 1. The topological polar surface area (TPSA) is 79.5 Å². The van der Waals surface area contributed by atoms with E-state index in [0.29, 0.717) is 11.3 Å². The molecule has 2 amide bonds. The van der Waals surface area contributed by atoms with Gasteiger partial charge in [0.15, 0.2) is 0 Å². The van der Waals surface area contributed by atoms with Crippen molar-refractivity contribution < 1.29 is 9.59 Å². The number of pyridine rings is 1. The van der Waals surface area contributed by atoms with Crippen molar-refractivity contribution in [3.63, 3.8) is 0 Å². The van der Waals surface area contributed by atoms with Crippen LogP contribution < -0.4 is 5.73 Å². The fourth-order valence-electron chi connectivity index (χ4n) is 3.59. The fraction of sp³-hybridized carbons (Fsp3) is 0.588. The number of carbonyl (C=O) groups excluding carboxylic acids is 2. The number of amides is 2. The van der Waals surface area contributed by atoms with Crippen molar-refractivity contribution in [3.05, 3.63) is 29.6 Å². The molecule has 0 atom stereocenters. The molecule has 2 fully saturated rings. The summed E-state index contributed by atoms with van der Waals surface area (Å²) in [4.78, 5) is 32.1. The molecule has 1 aromatic rings. The van der Waals surface area contributed by atoms with Gasteiger partial charge >= 0.3 is 0 Å². The summed E-state index contributed by atoms with van der Waals surface area (Å²) in [7, 11) is 0. The lowest BCUT2D eigenvalue weighted by Crippen LogP contribution is -2.53. The summed E-state index contributed by atoms with van der Waals surface area (Å²) in [5.41, 5.74) is 6.11. The summed E-state index contributed by atoms with van der Waals surface area (Å²) in [6, 6.07) is 3.14. The minimum atomic E-state index is -0.532. The van der Waals surface area contributed by atoms with Gasteiger partial charge in [-0.2, -0.15) is 0 Å². The van der Waals surface area contributed by atoms with E-state index in [-0.39, 0.29) is 11.4 Å². The van der Waals surface area contributed by atoms with Gasteiger partial charge in [0.25, 0.3) is 5.91 Å². The maximum absolute atomic E-state index is 12.5. The monoisotopic (exact) mass is 316 g/mol. The van der Waals surface area contributed by atoms with E-state index in [1.165, 1.54) is 32.1 Å². The minimum absolute atomic E-state index is 0.0653. The molecule has 0 bridgehead atoms. The molecule has 0 spiro atoms. The molecule has 1 aromatic heterocycles. The van der Waals surface area contributed by atoms with E-state index in [0.717, 1.165) is 25.9 Å². The Kier molecular flexibility index (Phi) is 4.35. The first-order valence-corrected chi connectivity index (χ1v) is 8.30. The number of carbonyl (C=O) groups is 2. The van der Waals surface area contributed by atoms with Crippen LogP contribution in [0.2, 0.25) is 0 Å². The zero-order chi connectivity index (χ0) is 16.4. The predicted octanol–water partition coefficient (Wildman–Crippen LogP) is 1.27. The number of piperidine rings is 1. The van der Waals surface area contributed by atoms with Gasteiger partial charge < -0.3 is 10.6 Å². The zero-order valence-corrected chi connectivity index (χ0v) is 13.6. The average Bonchev–Trinajstić information content (AvgIpc) is 3.10. The van der Waals surface area contributed by atoms with Crippen LogP contribution in [0.15, 0.2) is 18.3 Å². The molecular weight excluding hydrogens is 292 g/mol. The fourth-order valence-corrected chi connectivity index (χ4v) is 3.59. The summed E-state index contributed by atoms with van der Waals surface area (Å²) >= 11 is 0. The Morgan fingerprint density at radius 2 is 1.78 bits per heavy atom. The van der Waals surface area contributed by atoms with E-state index in [2.05, 4.69) is 16.8 Å². The third kappa shape index (κ3) is 3.22. The van der Waals surface area contributed by atoms with Crippen LogP contribution in [-0.2, 0) is 0 Å². The van der Waals surface area contributed by atoms with Gasteiger partial charge in [0.1, 0.15) is 5.69 Å². The molecule has 0 unspecified atom stereocenters. The molecule has 124 valence electrons. The third-order valence-electron chi connectivity index (χ3n) is 5.26. The van der Waals surface area contributed by atoms with Crippen LogP contribution in [0, 0.1) is 0 Å². The normalized spacial score (nSPS) is 21.3. The van der Waals surface area contributed by atoms with Crippen LogP contribution in [0.25, 0.3) is 0 Å². The van der Waals surface area contributed by atoms with Crippen LogP contribution in [0.3, 0.4) is 0 Å². The standard InChI is InChI=1S/C17H24N4O2/c1-17(21-8-2-3-9-21)6-10-20(11-7-17)16(23)14-5-4-13(12-19-14)15(18)22/h4-5,12H,2-3,6-11H2,1H3,(H2,18,22). The molecule has 2 aliphatic rings. The van der Waals surface area contributed by atoms with Crippen LogP contribution in [-0.4, -0.2) is 58.3 Å². The number of nitrogens with two attached hydrogens (primary N) is 1. The van der Waals surface area contributed by atoms with Gasteiger partial charge in [-0.1, -0.05) is 0 Å². The molecule has 2 aliphatic heterocycles. The molecule has 0 radical (unpaired) electrons. The van der Waals surface area contributed by atoms with Crippen molar-refractivity contribution in [1.82, 2.24) is 14.8 Å². The van der Waals surface area contributed by atoms with Crippen LogP contribution >= 0.6 is 0 Å². The van der Waals surface area contributed by atoms with E-state index in [1.54, 1.807) is 12.1 Å². The second kappa shape index (κ2) is 6.28. The molecule has 2 N–H and O–H groups in total. The largest absolute Gasteiger partial charge is 0.366 e. The highest BCUT2D eigenvalue weighted by Crippen LogP contribution is 2.31. The molecular formula is C17H24N4O2. The van der Waals surface area contributed by atoms with E-state index >= 15 is 0 Å². The van der Waals surface area contributed by atoms with Gasteiger partial charge in [0, 0.05) is 24.8 Å². The maximum atomic E-state index is 12.5. The van der Waals surface area contributed by atoms with Crippen LogP contribution in [0.4, 0.5) is 0 Å². The van der Waals surface area contributed by atoms with Crippen molar-refractivity contribution in [2.45, 2.75) is 38.1 Å². The van der Waals surface area contributed by atoms with Gasteiger partial charge in [-0.25, -0.2) is 0 Å². The Hall–Kier alpha value is -1.95. The van der Waals surface area contributed by atoms with Crippen molar-refractivity contribution in [3.8, 4) is 0 Å². The SMILES string of the molecule is CC1(N2CCCC2)CCN(C(=O)c2ccc(C(N)=O)cn2)CC1. The van der Waals surface area contributed by atoms with Crippen molar-refractivity contribution in [1.29, 1.82) is 0 Å². The summed E-state index contributed by atoms with van der Waals surface area (Å²) in [6.45, 7) is 6.19. The Labute approximate surface area is 136 Å². The van der Waals surface area contributed by atoms with Gasteiger partial charge in [-0.15, -0.1) is 0 Å². The smallest absolute Gasteiger partial charge is 0.272 e. The van der Waals surface area contributed by atoms with Crippen LogP contribution in [0.1, 0.15) is 53.5 Å². The van der Waals surface area contributed by atoms with E-state index in [9.17, 15) is 9.59 Å². The number of likely N-dealkylation sites (tertiary alicyclic amines) is 2. The summed E-state index contributed by atoms with van der Waals surface area (Å²) in [5.74, 6) is -0.597. The lowest BCUT2D eigenvalue weighted by molar-refractivity contribution is 0.0401. The number of aromatic nitrogens is 1. The lowest BCUT2D eigenvalue weighted by Gasteiger charge is -2.45. The zero-order valence-electron chi connectivity index (χ0n) is 13.6. The number of primary amides is 1. The van der Waals surface area contributed by atoms with Crippen molar-refractivity contribution >= 4 is 11.8 Å². The van der Waals surface area contributed by atoms with Crippen molar-refractivity contribution in [2.24, 2.45) is 5.73 Å². The lowest BCUT2D eigenvalue weighted by atomic mass is 9.88. The summed E-state index contributed by atoms with van der Waals surface area (Å²) in [6.07, 6.45) is 5.94. The molecule has 6 heteroatoms. The highest BCUT2D eigenvalue weighted by molar-refractivity contribution is 5.95. The van der Waals surface area contributed by atoms with E-state index in [1.807, 2.05) is 4.90 Å². The Bertz CT molecular complexity index is 585. The van der Waals surface area contributed by atoms with Crippen molar-refractivity contribution in [2.75, 3.05) is 26.2 Å². The number of rotatable bonds is 3. The third-order valence-corrected chi connectivity index (χ3v) is 5.26. The molecule has 23 heavy (non-hydrogen) atoms. The molecule has 0 aliphatic carbocycles. The first-order chi connectivity index (χ1) is 11.0. The molecule has 3 heterocycles. The molecule has 6 nitrogen and oxygen atoms in total. The second-order valence-corrected chi connectivity index (χ2v) is 6.78. The van der Waals surface area contributed by atoms with E-state index in [4.69, 9.17) is 5.73 Å². The minimum Gasteiger partial charge on any atom is -0.366 e. The molecule has 0 saturated carbocycles. The van der Waals surface area contributed by atoms with Gasteiger partial charge in [0.2, 0.25) is 5.91 Å². The molecule has 3 rings (SSSR count). The second-order valence-electron chi connectivity index (χ2n) is 6.78. The summed E-state index contributed by atoms with van der Waals surface area (Å²) < 4.78 is 0. The molecule has 2 saturated heterocycles. The highest BCUT2D eigenvalue weighted by atomic mass is 16.2. The highest BCUT2D eigenvalue weighted by Gasteiger charge is 2.38. The average molecular weight is 316 g/mol. The predicted molar refractivity (Wildman–Crippen MR) is 87.1 cm³/mol. The summed E-state index contributed by atoms with van der Waals surface area (Å²) in [5, 5.41) is 0. The van der Waals surface area contributed by atoms with Crippen LogP contribution in [0.5, 0.6) is 0 Å². The maximum Gasteiger partial charge on any atom is 0.272 e. The van der Waals surface area contributed by atoms with Gasteiger partial charge in [-0.3, -0.25) is 19.5 Å². The Balaban J connectivity index is 1.62. The quantitative estimate of drug-likeness (QED) is 0.911. The first-order valence-electron chi connectivity index (χ1n) is 8.30. The van der Waals surface area contributed by atoms with E-state index < -0.39 is 5.91 Å². The Morgan fingerprint density at radius 3 is 2.30 bits per heavy atom. The molecule has 0 aromatic carbocycles. The van der Waals surface area contributed by atoms with Gasteiger partial charge in [-0.05, 0) is 57.8 Å².